The monoisotopic (exact) mass is 183 g/mol. The van der Waals surface area contributed by atoms with Gasteiger partial charge < -0.3 is 5.32 Å². The largest absolute Gasteiger partial charge is 0.317 e. The van der Waals surface area contributed by atoms with Gasteiger partial charge in [0.1, 0.15) is 0 Å². The molecule has 1 aliphatic carbocycles. The molecule has 0 radical (unpaired) electrons. The van der Waals surface area contributed by atoms with Gasteiger partial charge >= 0.3 is 0 Å². The molecule has 0 aromatic heterocycles. The van der Waals surface area contributed by atoms with Crippen molar-refractivity contribution in [3.63, 3.8) is 0 Å². The van der Waals surface area contributed by atoms with Gasteiger partial charge in [-0.25, -0.2) is 0 Å². The minimum atomic E-state index is 1.07. The number of rotatable bonds is 8. The maximum Gasteiger partial charge on any atom is -0.00463 e. The highest BCUT2D eigenvalue weighted by Gasteiger charge is 2.15. The molecule has 0 heterocycles. The zero-order valence-corrected chi connectivity index (χ0v) is 9.15. The molecule has 0 atom stereocenters. The molecule has 0 amide bonds. The van der Waals surface area contributed by atoms with E-state index in [9.17, 15) is 0 Å². The minimum Gasteiger partial charge on any atom is -0.317 e. The van der Waals surface area contributed by atoms with Gasteiger partial charge in [0.05, 0.1) is 0 Å². The lowest BCUT2D eigenvalue weighted by atomic mass is 9.83. The maximum absolute atomic E-state index is 3.54. The second-order valence-corrected chi connectivity index (χ2v) is 4.40. The van der Waals surface area contributed by atoms with E-state index in [4.69, 9.17) is 0 Å². The van der Waals surface area contributed by atoms with Crippen molar-refractivity contribution in [1.82, 2.24) is 5.32 Å². The zero-order valence-electron chi connectivity index (χ0n) is 9.15. The minimum absolute atomic E-state index is 1.07. The van der Waals surface area contributed by atoms with E-state index in [0.29, 0.717) is 0 Å². The van der Waals surface area contributed by atoms with Crippen LogP contribution in [0, 0.1) is 5.92 Å². The van der Waals surface area contributed by atoms with Crippen molar-refractivity contribution in [2.45, 2.75) is 58.3 Å². The van der Waals surface area contributed by atoms with E-state index < -0.39 is 0 Å². The number of hydrogen-bond donors (Lipinski definition) is 1. The molecule has 1 rings (SSSR count). The van der Waals surface area contributed by atoms with Crippen molar-refractivity contribution in [1.29, 1.82) is 0 Å². The topological polar surface area (TPSA) is 12.0 Å². The van der Waals surface area contributed by atoms with Crippen LogP contribution in [0.4, 0.5) is 0 Å². The first-order valence-electron chi connectivity index (χ1n) is 6.14. The van der Waals surface area contributed by atoms with E-state index in [-0.39, 0.29) is 0 Å². The van der Waals surface area contributed by atoms with Crippen LogP contribution in [-0.2, 0) is 0 Å². The fourth-order valence-electron chi connectivity index (χ4n) is 1.89. The molecular formula is C12H25N. The molecule has 1 fully saturated rings. The molecule has 0 unspecified atom stereocenters. The average Bonchev–Trinajstić information content (AvgIpc) is 2.07. The molecule has 1 nitrogen and oxygen atoms in total. The Labute approximate surface area is 83.3 Å². The van der Waals surface area contributed by atoms with Crippen molar-refractivity contribution < 1.29 is 0 Å². The predicted molar refractivity (Wildman–Crippen MR) is 59.0 cm³/mol. The Morgan fingerprint density at radius 1 is 1.08 bits per heavy atom. The van der Waals surface area contributed by atoms with Crippen molar-refractivity contribution >= 4 is 0 Å². The lowest BCUT2D eigenvalue weighted by molar-refractivity contribution is 0.292. The van der Waals surface area contributed by atoms with Gasteiger partial charge in [-0.05, 0) is 31.8 Å². The van der Waals surface area contributed by atoms with Crippen LogP contribution in [0.1, 0.15) is 58.3 Å². The summed E-state index contributed by atoms with van der Waals surface area (Å²) in [4.78, 5) is 0. The molecule has 0 aromatic carbocycles. The highest BCUT2D eigenvalue weighted by Crippen LogP contribution is 2.28. The second kappa shape index (κ2) is 7.37. The summed E-state index contributed by atoms with van der Waals surface area (Å²) >= 11 is 0. The third-order valence-corrected chi connectivity index (χ3v) is 3.16. The quantitative estimate of drug-likeness (QED) is 0.569. The third kappa shape index (κ3) is 5.30. The average molecular weight is 183 g/mol. The van der Waals surface area contributed by atoms with Gasteiger partial charge in [-0.2, -0.15) is 0 Å². The fourth-order valence-corrected chi connectivity index (χ4v) is 1.89. The van der Waals surface area contributed by atoms with Crippen LogP contribution in [0.3, 0.4) is 0 Å². The predicted octanol–water partition coefficient (Wildman–Crippen LogP) is 3.35. The Balaban J connectivity index is 1.68. The van der Waals surface area contributed by atoms with Crippen molar-refractivity contribution in [3.05, 3.63) is 0 Å². The summed E-state index contributed by atoms with van der Waals surface area (Å²) in [6, 6.07) is 0. The molecule has 0 aromatic rings. The van der Waals surface area contributed by atoms with Crippen molar-refractivity contribution in [2.75, 3.05) is 13.1 Å². The van der Waals surface area contributed by atoms with Gasteiger partial charge in [-0.1, -0.05) is 45.4 Å². The van der Waals surface area contributed by atoms with Crippen LogP contribution < -0.4 is 5.32 Å². The molecule has 13 heavy (non-hydrogen) atoms. The molecular weight excluding hydrogens is 158 g/mol. The van der Waals surface area contributed by atoms with Crippen LogP contribution in [0.2, 0.25) is 0 Å². The number of nitrogens with one attached hydrogen (secondary N) is 1. The Hall–Kier alpha value is -0.0400. The fraction of sp³-hybridized carbons (Fsp3) is 1.00. The third-order valence-electron chi connectivity index (χ3n) is 3.16. The van der Waals surface area contributed by atoms with Crippen LogP contribution in [0.15, 0.2) is 0 Å². The summed E-state index contributed by atoms with van der Waals surface area (Å²) in [6.07, 6.45) is 11.4. The lowest BCUT2D eigenvalue weighted by Gasteiger charge is -2.25. The van der Waals surface area contributed by atoms with Gasteiger partial charge in [0.25, 0.3) is 0 Å². The Morgan fingerprint density at radius 3 is 2.54 bits per heavy atom. The maximum atomic E-state index is 3.54. The van der Waals surface area contributed by atoms with Gasteiger partial charge in [0.2, 0.25) is 0 Å². The molecule has 1 heteroatoms. The van der Waals surface area contributed by atoms with Crippen LogP contribution in [0.25, 0.3) is 0 Å². The Morgan fingerprint density at radius 2 is 1.92 bits per heavy atom. The van der Waals surface area contributed by atoms with E-state index in [1.807, 2.05) is 0 Å². The summed E-state index contributed by atoms with van der Waals surface area (Å²) in [6.45, 7) is 4.77. The van der Waals surface area contributed by atoms with Crippen molar-refractivity contribution in [2.24, 2.45) is 5.92 Å². The lowest BCUT2D eigenvalue weighted by Crippen LogP contribution is -2.22. The SMILES string of the molecule is CCCCCCNCCC1CCC1. The Bertz CT molecular complexity index is 108. The first-order valence-corrected chi connectivity index (χ1v) is 6.14. The molecule has 78 valence electrons. The van der Waals surface area contributed by atoms with E-state index in [2.05, 4.69) is 12.2 Å². The summed E-state index contributed by atoms with van der Waals surface area (Å²) < 4.78 is 0. The number of hydrogen-bond acceptors (Lipinski definition) is 1. The van der Waals surface area contributed by atoms with Crippen LogP contribution in [0.5, 0.6) is 0 Å². The first kappa shape index (κ1) is 11.0. The van der Waals surface area contributed by atoms with Gasteiger partial charge in [-0.15, -0.1) is 0 Å². The van der Waals surface area contributed by atoms with E-state index in [0.717, 1.165) is 5.92 Å². The molecule has 0 spiro atoms. The summed E-state index contributed by atoms with van der Waals surface area (Å²) in [5.41, 5.74) is 0. The molecule has 0 bridgehead atoms. The van der Waals surface area contributed by atoms with E-state index >= 15 is 0 Å². The summed E-state index contributed by atoms with van der Waals surface area (Å²) in [7, 11) is 0. The molecule has 1 saturated carbocycles. The highest BCUT2D eigenvalue weighted by atomic mass is 14.8. The normalized spacial score (nSPS) is 17.3. The highest BCUT2D eigenvalue weighted by molar-refractivity contribution is 4.70. The van der Waals surface area contributed by atoms with Crippen LogP contribution in [-0.4, -0.2) is 13.1 Å². The van der Waals surface area contributed by atoms with E-state index in [1.165, 1.54) is 64.5 Å². The van der Waals surface area contributed by atoms with Gasteiger partial charge in [0, 0.05) is 0 Å². The molecule has 0 aliphatic heterocycles. The Kier molecular flexibility index (Phi) is 6.26. The molecule has 1 N–H and O–H groups in total. The summed E-state index contributed by atoms with van der Waals surface area (Å²) in [5, 5.41) is 3.54. The second-order valence-electron chi connectivity index (χ2n) is 4.40. The molecule has 0 saturated heterocycles. The standard InChI is InChI=1S/C12H25N/c1-2-3-4-5-10-13-11-9-12-7-6-8-12/h12-13H,2-11H2,1H3. The number of unbranched alkanes of at least 4 members (excludes halogenated alkanes) is 3. The smallest absolute Gasteiger partial charge is 0.00463 e. The van der Waals surface area contributed by atoms with Crippen molar-refractivity contribution in [3.8, 4) is 0 Å². The zero-order chi connectivity index (χ0) is 9.36. The van der Waals surface area contributed by atoms with Gasteiger partial charge in [-0.3, -0.25) is 0 Å². The van der Waals surface area contributed by atoms with E-state index in [1.54, 1.807) is 0 Å². The summed E-state index contributed by atoms with van der Waals surface area (Å²) in [5.74, 6) is 1.07. The van der Waals surface area contributed by atoms with Crippen LogP contribution >= 0.6 is 0 Å². The molecule has 1 aliphatic rings. The van der Waals surface area contributed by atoms with Gasteiger partial charge in [0.15, 0.2) is 0 Å². The first-order chi connectivity index (χ1) is 6.43.